The summed E-state index contributed by atoms with van der Waals surface area (Å²) in [5.41, 5.74) is 0.663. The van der Waals surface area contributed by atoms with Crippen molar-refractivity contribution < 1.29 is 29.5 Å². The van der Waals surface area contributed by atoms with E-state index in [1.54, 1.807) is 4.57 Å². The Kier molecular flexibility index (Phi) is 6.13. The maximum Gasteiger partial charge on any atom is 0.356 e. The average molecular weight is 401 g/mol. The zero-order chi connectivity index (χ0) is 20.1. The highest BCUT2D eigenvalue weighted by atomic mass is 35.5. The quantitative estimate of drug-likeness (QED) is 0.462. The van der Waals surface area contributed by atoms with Crippen molar-refractivity contribution in [2.24, 2.45) is 0 Å². The first kappa shape index (κ1) is 19.9. The summed E-state index contributed by atoms with van der Waals surface area (Å²) < 4.78 is 11.9. The number of carbonyl (C=O) groups excluding carboxylic acids is 1. The van der Waals surface area contributed by atoms with Crippen molar-refractivity contribution in [2.75, 3.05) is 13.7 Å². The monoisotopic (exact) mass is 400 g/mol. The zero-order valence-corrected chi connectivity index (χ0v) is 14.5. The van der Waals surface area contributed by atoms with Gasteiger partial charge in [-0.3, -0.25) is 10.1 Å². The second-order valence-electron chi connectivity index (χ2n) is 5.17. The van der Waals surface area contributed by atoms with Gasteiger partial charge in [-0.15, -0.1) is 10.1 Å². The molecule has 0 fully saturated rings. The molecular weight excluding hydrogens is 388 g/mol. The lowest BCUT2D eigenvalue weighted by molar-refractivity contribution is -0.742. The largest absolute Gasteiger partial charge is 0.492 e. The Hall–Kier alpha value is -3.41. The van der Waals surface area contributed by atoms with Crippen LogP contribution in [0.5, 0.6) is 5.75 Å². The minimum atomic E-state index is -1.50. The van der Waals surface area contributed by atoms with Crippen molar-refractivity contribution in [1.29, 1.82) is 0 Å². The van der Waals surface area contributed by atoms with Crippen molar-refractivity contribution in [3.63, 3.8) is 0 Å². The SMILES string of the molecule is COC(=O)c1cncn1C1CCOc2c(Cl)cc([N+](=O)[O-])cc21.O=[N+]([O-])O. The van der Waals surface area contributed by atoms with Crippen molar-refractivity contribution >= 4 is 23.3 Å². The number of nitro groups is 1. The molecule has 1 atom stereocenters. The summed E-state index contributed by atoms with van der Waals surface area (Å²) in [6, 6.07) is 2.30. The molecular formula is C14H13ClN4O8. The number of hydrogen-bond donors (Lipinski definition) is 1. The Bertz CT molecular complexity index is 880. The molecule has 1 unspecified atom stereocenters. The van der Waals surface area contributed by atoms with Crippen LogP contribution in [0.25, 0.3) is 0 Å². The van der Waals surface area contributed by atoms with Gasteiger partial charge in [-0.2, -0.15) is 0 Å². The molecule has 0 bridgehead atoms. The number of halogens is 1. The predicted molar refractivity (Wildman–Crippen MR) is 88.7 cm³/mol. The summed E-state index contributed by atoms with van der Waals surface area (Å²) in [5, 5.41) is 24.9. The summed E-state index contributed by atoms with van der Waals surface area (Å²) in [5.74, 6) is -0.148. The number of esters is 1. The Balaban J connectivity index is 0.000000596. The normalized spacial score (nSPS) is 14.8. The number of methoxy groups -OCH3 is 1. The highest BCUT2D eigenvalue weighted by molar-refractivity contribution is 6.32. The number of rotatable bonds is 3. The molecule has 0 saturated carbocycles. The Morgan fingerprint density at radius 2 is 2.11 bits per heavy atom. The third-order valence-corrected chi connectivity index (χ3v) is 3.94. The van der Waals surface area contributed by atoms with Gasteiger partial charge < -0.3 is 19.2 Å². The van der Waals surface area contributed by atoms with Crippen molar-refractivity contribution in [3.8, 4) is 5.75 Å². The number of nitro benzene ring substituents is 1. The third kappa shape index (κ3) is 4.41. The molecule has 2 heterocycles. The van der Waals surface area contributed by atoms with E-state index in [9.17, 15) is 14.9 Å². The Labute approximate surface area is 156 Å². The van der Waals surface area contributed by atoms with Crippen LogP contribution in [0.4, 0.5) is 5.69 Å². The van der Waals surface area contributed by atoms with Crippen LogP contribution in [-0.2, 0) is 4.74 Å². The number of hydrogen-bond acceptors (Lipinski definition) is 8. The van der Waals surface area contributed by atoms with Gasteiger partial charge in [0.1, 0.15) is 11.4 Å². The molecule has 0 saturated heterocycles. The smallest absolute Gasteiger partial charge is 0.356 e. The molecule has 13 heteroatoms. The Morgan fingerprint density at radius 1 is 1.44 bits per heavy atom. The van der Waals surface area contributed by atoms with E-state index in [1.807, 2.05) is 0 Å². The summed E-state index contributed by atoms with van der Waals surface area (Å²) >= 11 is 6.10. The zero-order valence-electron chi connectivity index (χ0n) is 13.8. The number of aromatic nitrogens is 2. The highest BCUT2D eigenvalue weighted by Crippen LogP contribution is 2.42. The molecule has 2 aromatic rings. The molecule has 3 rings (SSSR count). The summed E-state index contributed by atoms with van der Waals surface area (Å²) in [4.78, 5) is 34.7. The molecule has 1 aliphatic heterocycles. The highest BCUT2D eigenvalue weighted by Gasteiger charge is 2.30. The summed E-state index contributed by atoms with van der Waals surface area (Å²) in [7, 11) is 1.28. The van der Waals surface area contributed by atoms with Crippen LogP contribution in [0.3, 0.4) is 0 Å². The molecule has 0 spiro atoms. The number of carbonyl (C=O) groups is 1. The second-order valence-corrected chi connectivity index (χ2v) is 5.58. The van der Waals surface area contributed by atoms with Crippen molar-refractivity contribution in [3.05, 3.63) is 61.2 Å². The second kappa shape index (κ2) is 8.31. The van der Waals surface area contributed by atoms with Crippen LogP contribution in [0, 0.1) is 20.2 Å². The van der Waals surface area contributed by atoms with Gasteiger partial charge in [-0.25, -0.2) is 9.78 Å². The lowest BCUT2D eigenvalue weighted by Crippen LogP contribution is -2.23. The minimum absolute atomic E-state index is 0.135. The predicted octanol–water partition coefficient (Wildman–Crippen LogP) is 2.26. The molecule has 12 nitrogen and oxygen atoms in total. The number of non-ortho nitro benzene ring substituents is 1. The van der Waals surface area contributed by atoms with Crippen molar-refractivity contribution in [2.45, 2.75) is 12.5 Å². The topological polar surface area (TPSA) is 160 Å². The van der Waals surface area contributed by atoms with Gasteiger partial charge in [0.25, 0.3) is 10.8 Å². The van der Waals surface area contributed by atoms with E-state index >= 15 is 0 Å². The first-order chi connectivity index (χ1) is 12.8. The van der Waals surface area contributed by atoms with Gasteiger partial charge in [0.15, 0.2) is 0 Å². The standard InChI is InChI=1S/C14H12ClN3O5.HNO3/c1-22-14(19)12-6-16-7-17(12)11-2-3-23-13-9(11)4-8(18(20)21)5-10(13)15;2-1(3)4/h4-7,11H,2-3H2,1H3;(H,2,3,4). The molecule has 1 N–H and O–H groups in total. The number of benzene rings is 1. The molecule has 27 heavy (non-hydrogen) atoms. The maximum absolute atomic E-state index is 11.8. The number of fused-ring (bicyclic) bond motifs is 1. The van der Waals surface area contributed by atoms with Crippen LogP contribution in [0.15, 0.2) is 24.7 Å². The lowest BCUT2D eigenvalue weighted by atomic mass is 9.99. The molecule has 1 aromatic heterocycles. The fraction of sp³-hybridized carbons (Fsp3) is 0.286. The van der Waals surface area contributed by atoms with Gasteiger partial charge in [0, 0.05) is 24.1 Å². The van der Waals surface area contributed by atoms with E-state index in [1.165, 1.54) is 31.8 Å². The van der Waals surface area contributed by atoms with E-state index in [2.05, 4.69) is 4.98 Å². The number of nitrogens with zero attached hydrogens (tertiary/aromatic N) is 4. The molecule has 1 aliphatic rings. The third-order valence-electron chi connectivity index (χ3n) is 3.66. The van der Waals surface area contributed by atoms with E-state index in [-0.39, 0.29) is 22.4 Å². The van der Waals surface area contributed by atoms with Crippen molar-refractivity contribution in [1.82, 2.24) is 9.55 Å². The summed E-state index contributed by atoms with van der Waals surface area (Å²) in [6.07, 6.45) is 3.39. The minimum Gasteiger partial charge on any atom is -0.492 e. The molecule has 1 aromatic carbocycles. The fourth-order valence-electron chi connectivity index (χ4n) is 2.64. The molecule has 144 valence electrons. The first-order valence-electron chi connectivity index (χ1n) is 7.30. The first-order valence-corrected chi connectivity index (χ1v) is 7.68. The maximum atomic E-state index is 11.8. The van der Waals surface area contributed by atoms with Gasteiger partial charge in [-0.05, 0) is 0 Å². The molecule has 0 radical (unpaired) electrons. The van der Waals surface area contributed by atoms with E-state index in [4.69, 9.17) is 36.4 Å². The molecule has 0 aliphatic carbocycles. The van der Waals surface area contributed by atoms with E-state index < -0.39 is 16.0 Å². The summed E-state index contributed by atoms with van der Waals surface area (Å²) in [6.45, 7) is 0.369. The number of imidazole rings is 1. The average Bonchev–Trinajstić information content (AvgIpc) is 3.09. The van der Waals surface area contributed by atoms with E-state index in [0.29, 0.717) is 24.3 Å². The fourth-order valence-corrected chi connectivity index (χ4v) is 2.91. The van der Waals surface area contributed by atoms with Crippen LogP contribution in [-0.4, -0.2) is 44.5 Å². The lowest BCUT2D eigenvalue weighted by Gasteiger charge is -2.28. The van der Waals surface area contributed by atoms with Crippen LogP contribution < -0.4 is 4.74 Å². The van der Waals surface area contributed by atoms with Crippen LogP contribution in [0.1, 0.15) is 28.5 Å². The van der Waals surface area contributed by atoms with Crippen LogP contribution in [0.2, 0.25) is 5.02 Å². The van der Waals surface area contributed by atoms with Gasteiger partial charge in [0.2, 0.25) is 0 Å². The molecule has 0 amide bonds. The van der Waals surface area contributed by atoms with Crippen LogP contribution >= 0.6 is 11.6 Å². The van der Waals surface area contributed by atoms with E-state index in [0.717, 1.165) is 0 Å². The van der Waals surface area contributed by atoms with Gasteiger partial charge in [0.05, 0.1) is 42.2 Å². The van der Waals surface area contributed by atoms with Gasteiger partial charge >= 0.3 is 5.97 Å². The van der Waals surface area contributed by atoms with Gasteiger partial charge in [-0.1, -0.05) is 11.6 Å². The number of ether oxygens (including phenoxy) is 2. The Morgan fingerprint density at radius 3 is 2.70 bits per heavy atom.